The van der Waals surface area contributed by atoms with Crippen LogP contribution in [-0.4, -0.2) is 55.3 Å². The average molecular weight is 367 g/mol. The molecule has 0 spiro atoms. The Balaban J connectivity index is 1.41. The summed E-state index contributed by atoms with van der Waals surface area (Å²) in [5.74, 6) is 0.618. The molecule has 0 saturated carbocycles. The largest absolute Gasteiger partial charge is 0.378 e. The van der Waals surface area contributed by atoms with E-state index < -0.39 is 0 Å². The Morgan fingerprint density at radius 2 is 1.67 bits per heavy atom. The summed E-state index contributed by atoms with van der Waals surface area (Å²) in [4.78, 5) is 25.6. The maximum Gasteiger partial charge on any atom is 0.274 e. The lowest BCUT2D eigenvalue weighted by Gasteiger charge is -2.28. The normalized spacial score (nSPS) is 17.6. The SMILES string of the molecule is O=C(Nc1ccc(N2CCOCC2)cc1)c1cc(N2CCCCC2)ncn1. The zero-order chi connectivity index (χ0) is 18.5. The molecule has 1 N–H and O–H groups in total. The molecule has 1 aromatic heterocycles. The van der Waals surface area contributed by atoms with Crippen molar-refractivity contribution < 1.29 is 9.53 Å². The number of carbonyl (C=O) groups is 1. The number of anilines is 3. The van der Waals surface area contributed by atoms with E-state index in [4.69, 9.17) is 4.74 Å². The molecule has 3 heterocycles. The van der Waals surface area contributed by atoms with Gasteiger partial charge in [0.2, 0.25) is 0 Å². The monoisotopic (exact) mass is 367 g/mol. The van der Waals surface area contributed by atoms with E-state index in [2.05, 4.69) is 25.1 Å². The van der Waals surface area contributed by atoms with Crippen LogP contribution < -0.4 is 15.1 Å². The highest BCUT2D eigenvalue weighted by Crippen LogP contribution is 2.20. The lowest BCUT2D eigenvalue weighted by molar-refractivity contribution is 0.102. The van der Waals surface area contributed by atoms with Crippen LogP contribution in [0.5, 0.6) is 0 Å². The summed E-state index contributed by atoms with van der Waals surface area (Å²) in [6, 6.07) is 9.69. The van der Waals surface area contributed by atoms with Crippen LogP contribution in [0.1, 0.15) is 29.8 Å². The number of benzene rings is 1. The summed E-state index contributed by atoms with van der Waals surface area (Å²) in [6.07, 6.45) is 5.07. The number of carbonyl (C=O) groups excluding carboxylic acids is 1. The Bertz CT molecular complexity index is 768. The number of rotatable bonds is 4. The number of morpholine rings is 1. The highest BCUT2D eigenvalue weighted by atomic mass is 16.5. The van der Waals surface area contributed by atoms with Gasteiger partial charge in [-0.2, -0.15) is 0 Å². The minimum absolute atomic E-state index is 0.213. The first kappa shape index (κ1) is 17.7. The number of hydrogen-bond acceptors (Lipinski definition) is 6. The van der Waals surface area contributed by atoms with Gasteiger partial charge in [0.1, 0.15) is 17.8 Å². The summed E-state index contributed by atoms with van der Waals surface area (Å²) in [5, 5.41) is 2.93. The van der Waals surface area contributed by atoms with Crippen molar-refractivity contribution in [3.05, 3.63) is 42.4 Å². The van der Waals surface area contributed by atoms with Crippen molar-refractivity contribution in [2.45, 2.75) is 19.3 Å². The summed E-state index contributed by atoms with van der Waals surface area (Å²) in [6.45, 7) is 5.27. The van der Waals surface area contributed by atoms with E-state index in [1.807, 2.05) is 24.3 Å². The molecular weight excluding hydrogens is 342 g/mol. The molecule has 2 aliphatic rings. The number of aromatic nitrogens is 2. The second-order valence-electron chi connectivity index (χ2n) is 6.91. The fourth-order valence-electron chi connectivity index (χ4n) is 3.54. The van der Waals surface area contributed by atoms with Crippen LogP contribution >= 0.6 is 0 Å². The predicted octanol–water partition coefficient (Wildman–Crippen LogP) is 2.56. The molecule has 2 aliphatic heterocycles. The third kappa shape index (κ3) is 4.36. The van der Waals surface area contributed by atoms with Gasteiger partial charge in [-0.1, -0.05) is 0 Å². The van der Waals surface area contributed by atoms with Crippen LogP contribution in [0.2, 0.25) is 0 Å². The van der Waals surface area contributed by atoms with E-state index in [9.17, 15) is 4.79 Å². The van der Waals surface area contributed by atoms with Crippen LogP contribution in [-0.2, 0) is 4.74 Å². The quantitative estimate of drug-likeness (QED) is 0.896. The third-order valence-electron chi connectivity index (χ3n) is 5.07. The van der Waals surface area contributed by atoms with Gasteiger partial charge in [-0.15, -0.1) is 0 Å². The van der Waals surface area contributed by atoms with E-state index >= 15 is 0 Å². The lowest BCUT2D eigenvalue weighted by atomic mass is 10.1. The zero-order valence-corrected chi connectivity index (χ0v) is 15.4. The van der Waals surface area contributed by atoms with Crippen molar-refractivity contribution in [1.29, 1.82) is 0 Å². The Labute approximate surface area is 159 Å². The van der Waals surface area contributed by atoms with Crippen LogP contribution in [0, 0.1) is 0 Å². The molecule has 0 bridgehead atoms. The molecule has 4 rings (SSSR count). The summed E-state index contributed by atoms with van der Waals surface area (Å²) in [5.41, 5.74) is 2.30. The predicted molar refractivity (Wildman–Crippen MR) is 106 cm³/mol. The number of nitrogens with one attached hydrogen (secondary N) is 1. The van der Waals surface area contributed by atoms with E-state index in [0.29, 0.717) is 5.69 Å². The second kappa shape index (κ2) is 8.35. The summed E-state index contributed by atoms with van der Waals surface area (Å²) < 4.78 is 5.39. The van der Waals surface area contributed by atoms with Gasteiger partial charge in [-0.05, 0) is 43.5 Å². The first-order chi connectivity index (χ1) is 13.3. The smallest absolute Gasteiger partial charge is 0.274 e. The van der Waals surface area contributed by atoms with Crippen molar-refractivity contribution in [1.82, 2.24) is 9.97 Å². The summed E-state index contributed by atoms with van der Waals surface area (Å²) >= 11 is 0. The molecule has 0 radical (unpaired) electrons. The average Bonchev–Trinajstić information content (AvgIpc) is 2.75. The maximum atomic E-state index is 12.6. The van der Waals surface area contributed by atoms with E-state index in [-0.39, 0.29) is 5.91 Å². The Morgan fingerprint density at radius 1 is 0.926 bits per heavy atom. The Morgan fingerprint density at radius 3 is 2.41 bits per heavy atom. The number of nitrogens with zero attached hydrogens (tertiary/aromatic N) is 4. The fourth-order valence-corrected chi connectivity index (χ4v) is 3.54. The first-order valence-corrected chi connectivity index (χ1v) is 9.61. The van der Waals surface area contributed by atoms with Gasteiger partial charge < -0.3 is 19.9 Å². The van der Waals surface area contributed by atoms with Crippen molar-refractivity contribution in [3.63, 3.8) is 0 Å². The molecule has 1 aromatic carbocycles. The molecule has 2 aromatic rings. The van der Waals surface area contributed by atoms with Crippen molar-refractivity contribution >= 4 is 23.1 Å². The molecule has 1 amide bonds. The highest BCUT2D eigenvalue weighted by molar-refractivity contribution is 6.03. The van der Waals surface area contributed by atoms with Crippen LogP contribution in [0.3, 0.4) is 0 Å². The number of hydrogen-bond donors (Lipinski definition) is 1. The number of ether oxygens (including phenoxy) is 1. The number of piperidine rings is 1. The van der Waals surface area contributed by atoms with E-state index in [1.165, 1.54) is 25.6 Å². The Kier molecular flexibility index (Phi) is 5.48. The molecule has 0 atom stereocenters. The lowest BCUT2D eigenvalue weighted by Crippen LogP contribution is -2.36. The van der Waals surface area contributed by atoms with Gasteiger partial charge in [-0.25, -0.2) is 9.97 Å². The minimum atomic E-state index is -0.213. The molecule has 7 heteroatoms. The molecule has 2 fully saturated rings. The van der Waals surface area contributed by atoms with Gasteiger partial charge in [-0.3, -0.25) is 4.79 Å². The van der Waals surface area contributed by atoms with Gasteiger partial charge >= 0.3 is 0 Å². The molecule has 142 valence electrons. The zero-order valence-electron chi connectivity index (χ0n) is 15.4. The van der Waals surface area contributed by atoms with Gasteiger partial charge in [0.05, 0.1) is 13.2 Å². The van der Waals surface area contributed by atoms with Crippen LogP contribution in [0.4, 0.5) is 17.2 Å². The van der Waals surface area contributed by atoms with E-state index in [1.54, 1.807) is 6.07 Å². The molecule has 27 heavy (non-hydrogen) atoms. The van der Waals surface area contributed by atoms with Gasteiger partial charge in [0, 0.05) is 43.6 Å². The van der Waals surface area contributed by atoms with Crippen LogP contribution in [0.15, 0.2) is 36.7 Å². The molecule has 2 saturated heterocycles. The standard InChI is InChI=1S/C20H25N5O2/c26-20(18-14-19(22-15-21-18)25-8-2-1-3-9-25)23-16-4-6-17(7-5-16)24-10-12-27-13-11-24/h4-7,14-15H,1-3,8-13H2,(H,23,26). The van der Waals surface area contributed by atoms with Crippen molar-refractivity contribution in [3.8, 4) is 0 Å². The van der Waals surface area contributed by atoms with Crippen LogP contribution in [0.25, 0.3) is 0 Å². The first-order valence-electron chi connectivity index (χ1n) is 9.61. The maximum absolute atomic E-state index is 12.6. The third-order valence-corrected chi connectivity index (χ3v) is 5.07. The highest BCUT2D eigenvalue weighted by Gasteiger charge is 2.16. The molecule has 0 aliphatic carbocycles. The molecule has 0 unspecified atom stereocenters. The second-order valence-corrected chi connectivity index (χ2v) is 6.91. The topological polar surface area (TPSA) is 70.6 Å². The molecular formula is C20H25N5O2. The Hall–Kier alpha value is -2.67. The minimum Gasteiger partial charge on any atom is -0.378 e. The summed E-state index contributed by atoms with van der Waals surface area (Å²) in [7, 11) is 0. The van der Waals surface area contributed by atoms with Crippen molar-refractivity contribution in [2.75, 3.05) is 54.5 Å². The fraction of sp³-hybridized carbons (Fsp3) is 0.450. The van der Waals surface area contributed by atoms with Gasteiger partial charge in [0.25, 0.3) is 5.91 Å². The number of amides is 1. The van der Waals surface area contributed by atoms with E-state index in [0.717, 1.165) is 56.6 Å². The van der Waals surface area contributed by atoms with Gasteiger partial charge in [0.15, 0.2) is 0 Å². The molecule has 7 nitrogen and oxygen atoms in total. The van der Waals surface area contributed by atoms with Crippen molar-refractivity contribution in [2.24, 2.45) is 0 Å².